The number of phenols is 1. The molecule has 0 aromatic heterocycles. The number of aromatic hydroxyl groups is 1. The zero-order valence-electron chi connectivity index (χ0n) is 9.04. The molecule has 0 bridgehead atoms. The molecule has 5 nitrogen and oxygen atoms in total. The Kier molecular flexibility index (Phi) is 4.06. The first-order valence-corrected chi connectivity index (χ1v) is 5.78. The average Bonchev–Trinajstić information content (AvgIpc) is 2.15. The van der Waals surface area contributed by atoms with E-state index in [-0.39, 0.29) is 40.6 Å². The molecule has 0 spiro atoms. The molecule has 2 aromatic carbocycles. The third-order valence-corrected chi connectivity index (χ3v) is 3.19. The van der Waals surface area contributed by atoms with Crippen molar-refractivity contribution < 1.29 is 47.6 Å². The average molecular weight is 261 g/mol. The maximum Gasteiger partial charge on any atom is 1.00 e. The second kappa shape index (κ2) is 4.83. The van der Waals surface area contributed by atoms with Gasteiger partial charge in [-0.05, 0) is 0 Å². The molecule has 0 heterocycles. The molecular formula is C10H8NNaO4S. The number of hydrogen-bond donors (Lipinski definition) is 2. The standard InChI is InChI=1S/C10H9NO4S.Na/c11-8-5-9(12)10(16(13,14)15)7-4-2-1-3-6(7)8;/h1-5,12H,11H2,(H,13,14,15);/q;+1/p-1. The summed E-state index contributed by atoms with van der Waals surface area (Å²) < 4.78 is 33.1. The molecule has 0 atom stereocenters. The molecule has 0 aliphatic heterocycles. The summed E-state index contributed by atoms with van der Waals surface area (Å²) in [6, 6.07) is 7.30. The van der Waals surface area contributed by atoms with Crippen LogP contribution in [0.1, 0.15) is 0 Å². The van der Waals surface area contributed by atoms with Crippen LogP contribution < -0.4 is 35.3 Å². The molecule has 7 heteroatoms. The van der Waals surface area contributed by atoms with Crippen molar-refractivity contribution in [2.75, 3.05) is 5.73 Å². The van der Waals surface area contributed by atoms with Gasteiger partial charge in [-0.2, -0.15) is 0 Å². The van der Waals surface area contributed by atoms with Crippen LogP contribution >= 0.6 is 0 Å². The van der Waals surface area contributed by atoms with E-state index in [9.17, 15) is 18.1 Å². The largest absolute Gasteiger partial charge is 1.00 e. The van der Waals surface area contributed by atoms with Gasteiger partial charge >= 0.3 is 29.6 Å². The zero-order valence-corrected chi connectivity index (χ0v) is 11.9. The van der Waals surface area contributed by atoms with Gasteiger partial charge in [0.15, 0.2) is 0 Å². The monoisotopic (exact) mass is 261 g/mol. The van der Waals surface area contributed by atoms with E-state index in [2.05, 4.69) is 0 Å². The third-order valence-electron chi connectivity index (χ3n) is 2.26. The molecule has 0 saturated carbocycles. The molecule has 17 heavy (non-hydrogen) atoms. The van der Waals surface area contributed by atoms with Gasteiger partial charge in [0.1, 0.15) is 20.8 Å². The second-order valence-corrected chi connectivity index (χ2v) is 4.63. The van der Waals surface area contributed by atoms with Gasteiger partial charge in [-0.1, -0.05) is 24.3 Å². The third kappa shape index (κ3) is 2.56. The summed E-state index contributed by atoms with van der Waals surface area (Å²) >= 11 is 0. The first-order chi connectivity index (χ1) is 7.41. The number of rotatable bonds is 1. The minimum absolute atomic E-state index is 0. The summed E-state index contributed by atoms with van der Waals surface area (Å²) in [4.78, 5) is -0.628. The summed E-state index contributed by atoms with van der Waals surface area (Å²) in [5, 5.41) is 10.0. The van der Waals surface area contributed by atoms with Crippen molar-refractivity contribution in [2.45, 2.75) is 4.90 Å². The van der Waals surface area contributed by atoms with Crippen molar-refractivity contribution in [3.8, 4) is 5.75 Å². The van der Waals surface area contributed by atoms with Gasteiger partial charge in [-0.3, -0.25) is 0 Å². The number of nitrogens with two attached hydrogens (primary N) is 1. The van der Waals surface area contributed by atoms with Crippen LogP contribution in [0.15, 0.2) is 35.2 Å². The fraction of sp³-hybridized carbons (Fsp3) is 0. The van der Waals surface area contributed by atoms with Crippen LogP contribution in [-0.4, -0.2) is 18.1 Å². The van der Waals surface area contributed by atoms with Crippen molar-refractivity contribution in [1.82, 2.24) is 0 Å². The van der Waals surface area contributed by atoms with Gasteiger partial charge in [-0.25, -0.2) is 8.42 Å². The molecule has 0 radical (unpaired) electrons. The van der Waals surface area contributed by atoms with Crippen LogP contribution in [-0.2, 0) is 10.1 Å². The van der Waals surface area contributed by atoms with Crippen LogP contribution in [0.25, 0.3) is 10.8 Å². The molecule has 84 valence electrons. The quantitative estimate of drug-likeness (QED) is 0.352. The summed E-state index contributed by atoms with van der Waals surface area (Å²) in [5.41, 5.74) is 5.84. The Hall–Kier alpha value is -0.790. The van der Waals surface area contributed by atoms with Gasteiger partial charge in [0.05, 0.1) is 0 Å². The molecule has 0 fully saturated rings. The Morgan fingerprint density at radius 1 is 1.18 bits per heavy atom. The molecule has 0 saturated heterocycles. The fourth-order valence-electron chi connectivity index (χ4n) is 1.62. The molecule has 2 rings (SSSR count). The Morgan fingerprint density at radius 2 is 1.71 bits per heavy atom. The van der Waals surface area contributed by atoms with Crippen LogP contribution in [0.5, 0.6) is 5.75 Å². The SMILES string of the molecule is Nc1cc(O)c(S(=O)(=O)[O-])c2ccccc12.[Na+]. The topological polar surface area (TPSA) is 103 Å². The van der Waals surface area contributed by atoms with Gasteiger partial charge in [0.2, 0.25) is 0 Å². The Morgan fingerprint density at radius 3 is 2.24 bits per heavy atom. The molecule has 0 aliphatic carbocycles. The Bertz CT molecular complexity index is 669. The normalized spacial score (nSPS) is 11.1. The van der Waals surface area contributed by atoms with Crippen molar-refractivity contribution >= 4 is 26.6 Å². The number of hydrogen-bond acceptors (Lipinski definition) is 5. The van der Waals surface area contributed by atoms with Gasteiger partial charge in [0, 0.05) is 22.5 Å². The Balaban J connectivity index is 0.00000144. The number of nitrogen functional groups attached to an aromatic ring is 1. The van der Waals surface area contributed by atoms with E-state index < -0.39 is 20.8 Å². The summed E-state index contributed by atoms with van der Waals surface area (Å²) in [7, 11) is -4.73. The zero-order chi connectivity index (χ0) is 11.9. The van der Waals surface area contributed by atoms with E-state index in [1.807, 2.05) is 0 Å². The first-order valence-electron chi connectivity index (χ1n) is 4.37. The van der Waals surface area contributed by atoms with Crippen LogP contribution in [0, 0.1) is 0 Å². The predicted molar refractivity (Wildman–Crippen MR) is 58.0 cm³/mol. The van der Waals surface area contributed by atoms with E-state index in [1.54, 1.807) is 18.2 Å². The van der Waals surface area contributed by atoms with E-state index >= 15 is 0 Å². The minimum atomic E-state index is -4.73. The van der Waals surface area contributed by atoms with Gasteiger partial charge in [-0.15, -0.1) is 0 Å². The Labute approximate surface area is 120 Å². The summed E-state index contributed by atoms with van der Waals surface area (Å²) in [6.07, 6.45) is 0. The molecule has 0 unspecified atom stereocenters. The van der Waals surface area contributed by atoms with Crippen LogP contribution in [0.3, 0.4) is 0 Å². The number of phenolic OH excluding ortho intramolecular Hbond substituents is 1. The van der Waals surface area contributed by atoms with Crippen molar-refractivity contribution in [3.63, 3.8) is 0 Å². The first kappa shape index (κ1) is 14.3. The van der Waals surface area contributed by atoms with Crippen molar-refractivity contribution in [2.24, 2.45) is 0 Å². The number of benzene rings is 2. The van der Waals surface area contributed by atoms with E-state index in [0.29, 0.717) is 5.39 Å². The second-order valence-electron chi connectivity index (χ2n) is 3.31. The molecule has 0 amide bonds. The van der Waals surface area contributed by atoms with Crippen LogP contribution in [0.4, 0.5) is 5.69 Å². The smallest absolute Gasteiger partial charge is 0.744 e. The molecular weight excluding hydrogens is 253 g/mol. The molecule has 0 aliphatic rings. The predicted octanol–water partition coefficient (Wildman–Crippen LogP) is -1.96. The summed E-state index contributed by atoms with van der Waals surface area (Å²) in [6.45, 7) is 0. The molecule has 3 N–H and O–H groups in total. The van der Waals surface area contributed by atoms with Gasteiger partial charge < -0.3 is 15.4 Å². The minimum Gasteiger partial charge on any atom is -0.744 e. The fourth-order valence-corrected chi connectivity index (χ4v) is 2.39. The molecule has 2 aromatic rings. The van der Waals surface area contributed by atoms with Crippen LogP contribution in [0.2, 0.25) is 0 Å². The van der Waals surface area contributed by atoms with E-state index in [1.165, 1.54) is 6.07 Å². The maximum atomic E-state index is 11.0. The number of fused-ring (bicyclic) bond motifs is 1. The number of anilines is 1. The van der Waals surface area contributed by atoms with E-state index in [0.717, 1.165) is 6.07 Å². The van der Waals surface area contributed by atoms with E-state index in [4.69, 9.17) is 5.73 Å². The van der Waals surface area contributed by atoms with Crippen molar-refractivity contribution in [1.29, 1.82) is 0 Å². The van der Waals surface area contributed by atoms with Crippen molar-refractivity contribution in [3.05, 3.63) is 30.3 Å². The summed E-state index contributed by atoms with van der Waals surface area (Å²) in [5.74, 6) is -0.619. The maximum absolute atomic E-state index is 11.0. The van der Waals surface area contributed by atoms with Gasteiger partial charge in [0.25, 0.3) is 0 Å².